The Morgan fingerprint density at radius 2 is 2.22 bits per heavy atom. The number of sulfonamides is 1. The number of nitrogens with one attached hydrogen (secondary N) is 2. The number of aromatic nitrogens is 3. The van der Waals surface area contributed by atoms with Gasteiger partial charge in [0.15, 0.2) is 5.58 Å². The summed E-state index contributed by atoms with van der Waals surface area (Å²) in [6.07, 6.45) is 3.97. The average Bonchev–Trinajstić information content (AvgIpc) is 3.02. The van der Waals surface area contributed by atoms with E-state index in [1.165, 1.54) is 12.1 Å². The fourth-order valence-electron chi connectivity index (χ4n) is 2.17. The summed E-state index contributed by atoms with van der Waals surface area (Å²) in [7, 11) is -2.04. The van der Waals surface area contributed by atoms with Gasteiger partial charge in [0.2, 0.25) is 10.0 Å². The molecule has 0 aliphatic carbocycles. The highest BCUT2D eigenvalue weighted by molar-refractivity contribution is 7.89. The number of nitrogens with zero attached hydrogens (tertiary/aromatic N) is 2. The van der Waals surface area contributed by atoms with Crippen LogP contribution in [-0.4, -0.2) is 29.7 Å². The molecule has 0 unspecified atom stereocenters. The average molecular weight is 357 g/mol. The molecule has 0 spiro atoms. The zero-order chi connectivity index (χ0) is 16.6. The lowest BCUT2D eigenvalue weighted by atomic mass is 10.3. The summed E-state index contributed by atoms with van der Waals surface area (Å²) in [5, 5.41) is 4.02. The lowest BCUT2D eigenvalue weighted by molar-refractivity contribution is 0.553. The fraction of sp³-hybridized carbons (Fsp3) is 0.231. The van der Waals surface area contributed by atoms with Crippen LogP contribution in [0, 0.1) is 0 Å². The molecule has 122 valence electrons. The lowest BCUT2D eigenvalue weighted by Crippen LogP contribution is -2.26. The lowest BCUT2D eigenvalue weighted by Gasteiger charge is -2.07. The monoisotopic (exact) mass is 356 g/mol. The predicted molar refractivity (Wildman–Crippen MR) is 83.9 cm³/mol. The molecule has 23 heavy (non-hydrogen) atoms. The molecule has 8 nitrogen and oxygen atoms in total. The number of aromatic amines is 1. The summed E-state index contributed by atoms with van der Waals surface area (Å²) in [5.41, 5.74) is 1.38. The minimum atomic E-state index is -3.82. The van der Waals surface area contributed by atoms with Crippen LogP contribution in [0.4, 0.5) is 0 Å². The Morgan fingerprint density at radius 1 is 1.43 bits per heavy atom. The summed E-state index contributed by atoms with van der Waals surface area (Å²) >= 11 is 6.00. The van der Waals surface area contributed by atoms with Crippen LogP contribution in [0.2, 0.25) is 5.02 Å². The number of halogens is 1. The Kier molecular flexibility index (Phi) is 4.00. The maximum absolute atomic E-state index is 12.4. The number of hydrogen-bond acceptors (Lipinski definition) is 5. The molecule has 3 aromatic rings. The minimum absolute atomic E-state index is 0.00317. The fourth-order valence-corrected chi connectivity index (χ4v) is 3.74. The molecule has 0 radical (unpaired) electrons. The standard InChI is InChI=1S/C13H13ClN4O4S/c1-18-7-8(6-15-18)2-3-16-23(20,21)12-5-11-10(4-9(12)14)17-13(19)22-11/h4-7,16H,2-3H2,1H3,(H,17,19). The van der Waals surface area contributed by atoms with Gasteiger partial charge in [-0.15, -0.1) is 0 Å². The van der Waals surface area contributed by atoms with Crippen LogP contribution in [0.1, 0.15) is 5.56 Å². The first-order valence-electron chi connectivity index (χ1n) is 6.65. The van der Waals surface area contributed by atoms with E-state index in [-0.39, 0.29) is 22.0 Å². The number of oxazole rings is 1. The highest BCUT2D eigenvalue weighted by atomic mass is 35.5. The van der Waals surface area contributed by atoms with Gasteiger partial charge in [-0.1, -0.05) is 11.6 Å². The molecule has 0 bridgehead atoms. The van der Waals surface area contributed by atoms with E-state index in [1.807, 2.05) is 6.20 Å². The van der Waals surface area contributed by atoms with Crippen molar-refractivity contribution in [2.45, 2.75) is 11.3 Å². The minimum Gasteiger partial charge on any atom is -0.408 e. The molecule has 0 aliphatic heterocycles. The third-order valence-electron chi connectivity index (χ3n) is 3.23. The molecule has 0 fully saturated rings. The molecule has 0 saturated carbocycles. The van der Waals surface area contributed by atoms with Crippen LogP contribution in [0.25, 0.3) is 11.1 Å². The zero-order valence-corrected chi connectivity index (χ0v) is 13.6. The van der Waals surface area contributed by atoms with Crippen molar-refractivity contribution < 1.29 is 12.8 Å². The molecular weight excluding hydrogens is 344 g/mol. The highest BCUT2D eigenvalue weighted by Gasteiger charge is 2.20. The maximum Gasteiger partial charge on any atom is 0.417 e. The number of rotatable bonds is 5. The highest BCUT2D eigenvalue weighted by Crippen LogP contribution is 2.26. The van der Waals surface area contributed by atoms with E-state index in [1.54, 1.807) is 17.9 Å². The van der Waals surface area contributed by atoms with Crippen molar-refractivity contribution in [3.05, 3.63) is 45.7 Å². The Hall–Kier alpha value is -2.10. The van der Waals surface area contributed by atoms with Crippen molar-refractivity contribution in [1.82, 2.24) is 19.5 Å². The van der Waals surface area contributed by atoms with E-state index in [0.29, 0.717) is 11.9 Å². The van der Waals surface area contributed by atoms with Crippen molar-refractivity contribution in [3.8, 4) is 0 Å². The normalized spacial score (nSPS) is 12.1. The Bertz CT molecular complexity index is 1020. The second-order valence-corrected chi connectivity index (χ2v) is 7.11. The van der Waals surface area contributed by atoms with E-state index < -0.39 is 15.8 Å². The Morgan fingerprint density at radius 3 is 2.91 bits per heavy atom. The Labute approximate surface area is 136 Å². The van der Waals surface area contributed by atoms with Gasteiger partial charge in [-0.25, -0.2) is 17.9 Å². The van der Waals surface area contributed by atoms with Crippen LogP contribution in [0.15, 0.2) is 38.6 Å². The third kappa shape index (κ3) is 3.31. The number of aryl methyl sites for hydroxylation is 1. The number of benzene rings is 1. The van der Waals surface area contributed by atoms with Gasteiger partial charge in [-0.2, -0.15) is 5.10 Å². The quantitative estimate of drug-likeness (QED) is 0.709. The molecule has 0 amide bonds. The number of fused-ring (bicyclic) bond motifs is 1. The van der Waals surface area contributed by atoms with Gasteiger partial charge in [0.05, 0.1) is 16.7 Å². The molecule has 0 aliphatic rings. The molecule has 1 aromatic carbocycles. The van der Waals surface area contributed by atoms with Gasteiger partial charge >= 0.3 is 5.76 Å². The summed E-state index contributed by atoms with van der Waals surface area (Å²) in [6, 6.07) is 2.57. The van der Waals surface area contributed by atoms with E-state index in [9.17, 15) is 13.2 Å². The SMILES string of the molecule is Cn1cc(CCNS(=O)(=O)c2cc3oc(=O)[nH]c3cc2Cl)cn1. The second-order valence-electron chi connectivity index (χ2n) is 4.96. The van der Waals surface area contributed by atoms with Crippen molar-refractivity contribution in [3.63, 3.8) is 0 Å². The number of hydrogen-bond donors (Lipinski definition) is 2. The van der Waals surface area contributed by atoms with Gasteiger partial charge in [0, 0.05) is 25.9 Å². The molecule has 2 N–H and O–H groups in total. The van der Waals surface area contributed by atoms with Crippen molar-refractivity contribution in [1.29, 1.82) is 0 Å². The first-order chi connectivity index (χ1) is 10.8. The van der Waals surface area contributed by atoms with Gasteiger partial charge in [0.1, 0.15) is 4.90 Å². The maximum atomic E-state index is 12.4. The van der Waals surface area contributed by atoms with Gasteiger partial charge < -0.3 is 4.42 Å². The van der Waals surface area contributed by atoms with E-state index in [2.05, 4.69) is 14.8 Å². The molecule has 2 aromatic heterocycles. The first-order valence-corrected chi connectivity index (χ1v) is 8.51. The van der Waals surface area contributed by atoms with Crippen molar-refractivity contribution in [2.24, 2.45) is 7.05 Å². The molecule has 3 rings (SSSR count). The van der Waals surface area contributed by atoms with E-state index in [4.69, 9.17) is 16.0 Å². The van der Waals surface area contributed by atoms with Crippen LogP contribution >= 0.6 is 11.6 Å². The third-order valence-corrected chi connectivity index (χ3v) is 5.15. The van der Waals surface area contributed by atoms with Crippen LogP contribution in [-0.2, 0) is 23.5 Å². The molecule has 0 saturated heterocycles. The van der Waals surface area contributed by atoms with Gasteiger partial charge in [-0.3, -0.25) is 9.67 Å². The Balaban J connectivity index is 1.81. The first kappa shape index (κ1) is 15.8. The molecular formula is C13H13ClN4O4S. The van der Waals surface area contributed by atoms with E-state index in [0.717, 1.165) is 5.56 Å². The smallest absolute Gasteiger partial charge is 0.408 e. The predicted octanol–water partition coefficient (Wildman–Crippen LogP) is 1.03. The molecule has 2 heterocycles. The summed E-state index contributed by atoms with van der Waals surface area (Å²) < 4.78 is 33.7. The van der Waals surface area contributed by atoms with Crippen molar-refractivity contribution in [2.75, 3.05) is 6.54 Å². The summed E-state index contributed by atoms with van der Waals surface area (Å²) in [5.74, 6) is -0.671. The largest absolute Gasteiger partial charge is 0.417 e. The number of H-pyrrole nitrogens is 1. The van der Waals surface area contributed by atoms with Gasteiger partial charge in [-0.05, 0) is 18.1 Å². The molecule has 10 heteroatoms. The van der Waals surface area contributed by atoms with Crippen LogP contribution in [0.5, 0.6) is 0 Å². The van der Waals surface area contributed by atoms with Crippen LogP contribution < -0.4 is 10.5 Å². The second kappa shape index (κ2) is 5.84. The van der Waals surface area contributed by atoms with Crippen LogP contribution in [0.3, 0.4) is 0 Å². The van der Waals surface area contributed by atoms with Gasteiger partial charge in [0.25, 0.3) is 0 Å². The zero-order valence-electron chi connectivity index (χ0n) is 12.0. The van der Waals surface area contributed by atoms with Crippen molar-refractivity contribution >= 4 is 32.7 Å². The molecule has 0 atom stereocenters. The van der Waals surface area contributed by atoms with E-state index >= 15 is 0 Å². The topological polar surface area (TPSA) is 110 Å². The summed E-state index contributed by atoms with van der Waals surface area (Å²) in [6.45, 7) is 0.194. The summed E-state index contributed by atoms with van der Waals surface area (Å²) in [4.78, 5) is 13.4.